The molecule has 7 heteroatoms. The molecule has 1 unspecified atom stereocenters. The average molecular weight is 334 g/mol. The number of piperazine rings is 1. The standard InChI is InChI=1S/C17H30N6O/c1-15-19-4-6-22(15)7-5-20-17(18-2)23-10-8-21(9-11-23)13-16-3-12-24-14-16/h4,6,16H,3,5,7-14H2,1-2H3,(H,18,20). The van der Waals surface area contributed by atoms with E-state index in [1.807, 2.05) is 26.4 Å². The Kier molecular flexibility index (Phi) is 6.09. The first-order valence-corrected chi connectivity index (χ1v) is 8.99. The van der Waals surface area contributed by atoms with Gasteiger partial charge in [0.05, 0.1) is 6.61 Å². The molecule has 3 rings (SSSR count). The van der Waals surface area contributed by atoms with E-state index in [1.54, 1.807) is 0 Å². The lowest BCUT2D eigenvalue weighted by Gasteiger charge is -2.37. The summed E-state index contributed by atoms with van der Waals surface area (Å²) in [6.45, 7) is 11.2. The van der Waals surface area contributed by atoms with Crippen molar-refractivity contribution in [2.24, 2.45) is 10.9 Å². The van der Waals surface area contributed by atoms with Crippen molar-refractivity contribution in [2.75, 3.05) is 59.5 Å². The van der Waals surface area contributed by atoms with Crippen molar-refractivity contribution < 1.29 is 4.74 Å². The normalized spacial score (nSPS) is 23.0. The lowest BCUT2D eigenvalue weighted by molar-refractivity contribution is 0.139. The number of nitrogens with zero attached hydrogens (tertiary/aromatic N) is 5. The first kappa shape index (κ1) is 17.2. The SMILES string of the molecule is CN=C(NCCn1ccnc1C)N1CCN(CC2CCOC2)CC1. The van der Waals surface area contributed by atoms with Gasteiger partial charge in [-0.15, -0.1) is 0 Å². The van der Waals surface area contributed by atoms with Gasteiger partial charge in [-0.05, 0) is 19.3 Å². The quantitative estimate of drug-likeness (QED) is 0.625. The summed E-state index contributed by atoms with van der Waals surface area (Å²) in [5, 5.41) is 3.48. The molecular weight excluding hydrogens is 304 g/mol. The van der Waals surface area contributed by atoms with Gasteiger partial charge in [-0.25, -0.2) is 4.98 Å². The van der Waals surface area contributed by atoms with E-state index >= 15 is 0 Å². The minimum absolute atomic E-state index is 0.729. The number of aliphatic imine (C=N–C) groups is 1. The van der Waals surface area contributed by atoms with Gasteiger partial charge in [0.25, 0.3) is 0 Å². The number of nitrogens with one attached hydrogen (secondary N) is 1. The second-order valence-electron chi connectivity index (χ2n) is 6.66. The fourth-order valence-corrected chi connectivity index (χ4v) is 3.50. The molecule has 0 spiro atoms. The largest absolute Gasteiger partial charge is 0.381 e. The van der Waals surface area contributed by atoms with E-state index in [9.17, 15) is 0 Å². The summed E-state index contributed by atoms with van der Waals surface area (Å²) < 4.78 is 7.64. The van der Waals surface area contributed by atoms with Gasteiger partial charge >= 0.3 is 0 Å². The van der Waals surface area contributed by atoms with Crippen LogP contribution in [0.4, 0.5) is 0 Å². The van der Waals surface area contributed by atoms with Gasteiger partial charge < -0.3 is 19.5 Å². The molecule has 1 aromatic rings. The Bertz CT molecular complexity index is 529. The summed E-state index contributed by atoms with van der Waals surface area (Å²) >= 11 is 0. The van der Waals surface area contributed by atoms with Crippen molar-refractivity contribution in [1.29, 1.82) is 0 Å². The molecule has 1 aromatic heterocycles. The van der Waals surface area contributed by atoms with Gasteiger partial charge in [-0.2, -0.15) is 0 Å². The summed E-state index contributed by atoms with van der Waals surface area (Å²) in [6, 6.07) is 0. The fourth-order valence-electron chi connectivity index (χ4n) is 3.50. The van der Waals surface area contributed by atoms with Crippen LogP contribution in [-0.2, 0) is 11.3 Å². The molecule has 0 aliphatic carbocycles. The molecule has 7 nitrogen and oxygen atoms in total. The summed E-state index contributed by atoms with van der Waals surface area (Å²) in [5.74, 6) is 2.79. The van der Waals surface area contributed by atoms with Crippen LogP contribution >= 0.6 is 0 Å². The van der Waals surface area contributed by atoms with Crippen LogP contribution in [0, 0.1) is 12.8 Å². The molecule has 24 heavy (non-hydrogen) atoms. The Morgan fingerprint density at radius 2 is 2.21 bits per heavy atom. The molecule has 2 aliphatic rings. The number of rotatable bonds is 5. The van der Waals surface area contributed by atoms with E-state index in [-0.39, 0.29) is 0 Å². The van der Waals surface area contributed by atoms with E-state index in [2.05, 4.69) is 29.7 Å². The van der Waals surface area contributed by atoms with Crippen molar-refractivity contribution in [3.63, 3.8) is 0 Å². The van der Waals surface area contributed by atoms with Crippen molar-refractivity contribution in [2.45, 2.75) is 19.9 Å². The third-order valence-electron chi connectivity index (χ3n) is 4.98. The second-order valence-corrected chi connectivity index (χ2v) is 6.66. The topological polar surface area (TPSA) is 57.9 Å². The highest BCUT2D eigenvalue weighted by Gasteiger charge is 2.23. The maximum absolute atomic E-state index is 5.49. The van der Waals surface area contributed by atoms with Gasteiger partial charge in [-0.3, -0.25) is 9.89 Å². The minimum Gasteiger partial charge on any atom is -0.381 e. The summed E-state index contributed by atoms with van der Waals surface area (Å²) in [5.41, 5.74) is 0. The van der Waals surface area contributed by atoms with Crippen molar-refractivity contribution >= 4 is 5.96 Å². The Hall–Kier alpha value is -1.60. The molecular formula is C17H30N6O. The predicted molar refractivity (Wildman–Crippen MR) is 95.3 cm³/mol. The molecule has 2 aliphatic heterocycles. The van der Waals surface area contributed by atoms with Gasteiger partial charge in [-0.1, -0.05) is 0 Å². The van der Waals surface area contributed by atoms with Crippen molar-refractivity contribution in [3.05, 3.63) is 18.2 Å². The third kappa shape index (κ3) is 4.48. The summed E-state index contributed by atoms with van der Waals surface area (Å²) in [6.07, 6.45) is 5.08. The van der Waals surface area contributed by atoms with Crippen LogP contribution in [0.3, 0.4) is 0 Å². The van der Waals surface area contributed by atoms with Crippen molar-refractivity contribution in [3.8, 4) is 0 Å². The van der Waals surface area contributed by atoms with Crippen LogP contribution in [0.15, 0.2) is 17.4 Å². The number of guanidine groups is 1. The second kappa shape index (κ2) is 8.48. The molecule has 1 N–H and O–H groups in total. The van der Waals surface area contributed by atoms with Gasteiger partial charge in [0.1, 0.15) is 5.82 Å². The highest BCUT2D eigenvalue weighted by atomic mass is 16.5. The summed E-state index contributed by atoms with van der Waals surface area (Å²) in [4.78, 5) is 13.6. The summed E-state index contributed by atoms with van der Waals surface area (Å²) in [7, 11) is 1.87. The molecule has 1 atom stereocenters. The van der Waals surface area contributed by atoms with Gasteiger partial charge in [0.15, 0.2) is 5.96 Å². The molecule has 0 amide bonds. The molecule has 0 aromatic carbocycles. The zero-order chi connectivity index (χ0) is 16.8. The predicted octanol–water partition coefficient (Wildman–Crippen LogP) is 0.421. The highest BCUT2D eigenvalue weighted by Crippen LogP contribution is 2.15. The number of hydrogen-bond acceptors (Lipinski definition) is 4. The van der Waals surface area contributed by atoms with Crippen LogP contribution in [-0.4, -0.2) is 84.8 Å². The van der Waals surface area contributed by atoms with E-state index in [0.29, 0.717) is 0 Å². The Morgan fingerprint density at radius 3 is 2.83 bits per heavy atom. The first-order chi connectivity index (χ1) is 11.8. The minimum atomic E-state index is 0.729. The van der Waals surface area contributed by atoms with Crippen LogP contribution < -0.4 is 5.32 Å². The number of ether oxygens (including phenoxy) is 1. The Morgan fingerprint density at radius 1 is 1.38 bits per heavy atom. The van der Waals surface area contributed by atoms with Crippen molar-refractivity contribution in [1.82, 2.24) is 24.7 Å². The zero-order valence-corrected chi connectivity index (χ0v) is 14.9. The average Bonchev–Trinajstić information content (AvgIpc) is 3.25. The van der Waals surface area contributed by atoms with Crippen LogP contribution in [0.25, 0.3) is 0 Å². The number of aryl methyl sites for hydroxylation is 1. The lowest BCUT2D eigenvalue weighted by atomic mass is 10.1. The first-order valence-electron chi connectivity index (χ1n) is 8.99. The van der Waals surface area contributed by atoms with E-state index in [4.69, 9.17) is 4.74 Å². The molecule has 2 saturated heterocycles. The number of aromatic nitrogens is 2. The lowest BCUT2D eigenvalue weighted by Crippen LogP contribution is -2.53. The smallest absolute Gasteiger partial charge is 0.193 e. The van der Waals surface area contributed by atoms with Crippen LogP contribution in [0.2, 0.25) is 0 Å². The molecule has 2 fully saturated rings. The number of imidazole rings is 1. The maximum Gasteiger partial charge on any atom is 0.193 e. The Labute approximate surface area is 144 Å². The van der Waals surface area contributed by atoms with Crippen LogP contribution in [0.5, 0.6) is 0 Å². The highest BCUT2D eigenvalue weighted by molar-refractivity contribution is 5.79. The molecule has 0 saturated carbocycles. The van der Waals surface area contributed by atoms with E-state index in [1.165, 1.54) is 13.0 Å². The third-order valence-corrected chi connectivity index (χ3v) is 4.98. The monoisotopic (exact) mass is 334 g/mol. The van der Waals surface area contributed by atoms with Crippen LogP contribution in [0.1, 0.15) is 12.2 Å². The fraction of sp³-hybridized carbons (Fsp3) is 0.765. The van der Waals surface area contributed by atoms with E-state index in [0.717, 1.165) is 70.2 Å². The molecule has 0 radical (unpaired) electrons. The number of hydrogen-bond donors (Lipinski definition) is 1. The molecule has 134 valence electrons. The van der Waals surface area contributed by atoms with Gasteiger partial charge in [0.2, 0.25) is 0 Å². The maximum atomic E-state index is 5.49. The Balaban J connectivity index is 1.39. The molecule has 3 heterocycles. The zero-order valence-electron chi connectivity index (χ0n) is 14.9. The van der Waals surface area contributed by atoms with Gasteiger partial charge in [0, 0.05) is 71.9 Å². The molecule has 0 bridgehead atoms. The van der Waals surface area contributed by atoms with E-state index < -0.39 is 0 Å².